The molecule has 0 aliphatic carbocycles. The Hall–Kier alpha value is -0.790. The fourth-order valence-corrected chi connectivity index (χ4v) is 0.644. The summed E-state index contributed by atoms with van der Waals surface area (Å²) >= 11 is 0. The van der Waals surface area contributed by atoms with Crippen LogP contribution in [0.15, 0.2) is 16.8 Å². The maximum atomic E-state index is 3.87. The molecule has 2 heteroatoms. The monoisotopic (exact) mass is 126 g/mol. The summed E-state index contributed by atoms with van der Waals surface area (Å²) in [5, 5.41) is 0. The first kappa shape index (κ1) is 8.21. The molecule has 0 amide bonds. The molecule has 0 aromatic rings. The summed E-state index contributed by atoms with van der Waals surface area (Å²) in [6, 6.07) is 0. The van der Waals surface area contributed by atoms with Crippen LogP contribution in [0.1, 0.15) is 6.92 Å². The summed E-state index contributed by atoms with van der Waals surface area (Å²) in [6.07, 6.45) is 3.85. The van der Waals surface area contributed by atoms with Crippen LogP contribution in [0.3, 0.4) is 0 Å². The Morgan fingerprint density at radius 1 is 1.44 bits per heavy atom. The van der Waals surface area contributed by atoms with E-state index in [1.807, 2.05) is 38.3 Å². The lowest BCUT2D eigenvalue weighted by atomic mass is 10.3. The summed E-state index contributed by atoms with van der Waals surface area (Å²) in [5.74, 6) is 0. The van der Waals surface area contributed by atoms with E-state index >= 15 is 0 Å². The van der Waals surface area contributed by atoms with Crippen molar-refractivity contribution in [2.45, 2.75) is 6.92 Å². The molecular weight excluding hydrogens is 112 g/mol. The van der Waals surface area contributed by atoms with Gasteiger partial charge in [0, 0.05) is 33.6 Å². The minimum absolute atomic E-state index is 1.17. The van der Waals surface area contributed by atoms with Gasteiger partial charge in [0.1, 0.15) is 0 Å². The first-order valence-corrected chi connectivity index (χ1v) is 2.94. The van der Waals surface area contributed by atoms with Crippen molar-refractivity contribution in [2.24, 2.45) is 4.99 Å². The van der Waals surface area contributed by atoms with E-state index in [0.29, 0.717) is 0 Å². The molecule has 0 aromatic heterocycles. The van der Waals surface area contributed by atoms with Crippen LogP contribution in [0.2, 0.25) is 0 Å². The number of hydrogen-bond acceptors (Lipinski definition) is 2. The summed E-state index contributed by atoms with van der Waals surface area (Å²) in [7, 11) is 5.76. The molecule has 0 saturated heterocycles. The maximum absolute atomic E-state index is 3.87. The lowest BCUT2D eigenvalue weighted by molar-refractivity contribution is 0.561. The molecule has 0 aliphatic heterocycles. The van der Waals surface area contributed by atoms with Gasteiger partial charge < -0.3 is 4.90 Å². The van der Waals surface area contributed by atoms with Crippen LogP contribution < -0.4 is 0 Å². The third kappa shape index (κ3) is 5.07. The van der Waals surface area contributed by atoms with E-state index < -0.39 is 0 Å². The molecule has 0 rings (SSSR count). The summed E-state index contributed by atoms with van der Waals surface area (Å²) in [5.41, 5.74) is 1.17. The van der Waals surface area contributed by atoms with Gasteiger partial charge in [-0.25, -0.2) is 0 Å². The molecule has 0 atom stereocenters. The van der Waals surface area contributed by atoms with Crippen molar-refractivity contribution < 1.29 is 0 Å². The Balaban J connectivity index is 3.84. The van der Waals surface area contributed by atoms with E-state index in [2.05, 4.69) is 4.99 Å². The van der Waals surface area contributed by atoms with Crippen molar-refractivity contribution in [3.8, 4) is 0 Å². The lowest BCUT2D eigenvalue weighted by Gasteiger charge is -2.03. The van der Waals surface area contributed by atoms with Crippen molar-refractivity contribution in [1.82, 2.24) is 4.90 Å². The summed E-state index contributed by atoms with van der Waals surface area (Å²) in [6.45, 7) is 2.02. The van der Waals surface area contributed by atoms with Crippen LogP contribution in [-0.4, -0.2) is 32.3 Å². The van der Waals surface area contributed by atoms with Gasteiger partial charge >= 0.3 is 0 Å². The van der Waals surface area contributed by atoms with Crippen LogP contribution in [0, 0.1) is 0 Å². The molecule has 52 valence electrons. The Labute approximate surface area is 56.9 Å². The zero-order chi connectivity index (χ0) is 7.28. The van der Waals surface area contributed by atoms with Gasteiger partial charge in [-0.2, -0.15) is 0 Å². The topological polar surface area (TPSA) is 15.6 Å². The van der Waals surface area contributed by atoms with Gasteiger partial charge in [-0.05, 0) is 12.5 Å². The van der Waals surface area contributed by atoms with E-state index in [-0.39, 0.29) is 0 Å². The van der Waals surface area contributed by atoms with E-state index in [0.717, 1.165) is 0 Å². The van der Waals surface area contributed by atoms with E-state index in [1.165, 1.54) is 5.57 Å². The summed E-state index contributed by atoms with van der Waals surface area (Å²) < 4.78 is 0. The van der Waals surface area contributed by atoms with Gasteiger partial charge in [-0.3, -0.25) is 4.99 Å². The van der Waals surface area contributed by atoms with Crippen molar-refractivity contribution in [3.05, 3.63) is 11.8 Å². The van der Waals surface area contributed by atoms with Crippen molar-refractivity contribution in [1.29, 1.82) is 0 Å². The maximum Gasteiger partial charge on any atom is 0.0277 e. The minimum atomic E-state index is 1.17. The normalized spacial score (nSPS) is 12.7. The number of aliphatic imine (C=N–C) groups is 1. The Bertz CT molecular complexity index is 123. The molecule has 9 heavy (non-hydrogen) atoms. The van der Waals surface area contributed by atoms with Crippen molar-refractivity contribution in [3.63, 3.8) is 0 Å². The molecule has 0 heterocycles. The van der Waals surface area contributed by atoms with Gasteiger partial charge in [-0.15, -0.1) is 0 Å². The Kier molecular flexibility index (Phi) is 3.76. The average molecular weight is 126 g/mol. The third-order valence-electron chi connectivity index (χ3n) is 0.795. The van der Waals surface area contributed by atoms with Gasteiger partial charge in [0.05, 0.1) is 0 Å². The molecule has 0 aromatic carbocycles. The highest BCUT2D eigenvalue weighted by atomic mass is 15.0. The predicted molar refractivity (Wildman–Crippen MR) is 41.9 cm³/mol. The SMILES string of the molecule is CN=C/C(C)=C\N(C)C. The average Bonchev–Trinajstić information content (AvgIpc) is 1.63. The van der Waals surface area contributed by atoms with Crippen LogP contribution in [0.5, 0.6) is 0 Å². The largest absolute Gasteiger partial charge is 0.383 e. The van der Waals surface area contributed by atoms with Gasteiger partial charge in [-0.1, -0.05) is 0 Å². The second kappa shape index (κ2) is 4.13. The summed E-state index contributed by atoms with van der Waals surface area (Å²) in [4.78, 5) is 5.87. The number of allylic oxidation sites excluding steroid dienone is 1. The first-order chi connectivity index (χ1) is 4.16. The van der Waals surface area contributed by atoms with Crippen LogP contribution in [0.4, 0.5) is 0 Å². The van der Waals surface area contributed by atoms with E-state index in [9.17, 15) is 0 Å². The molecule has 0 aliphatic rings. The molecule has 0 N–H and O–H groups in total. The quantitative estimate of drug-likeness (QED) is 0.507. The molecule has 2 nitrogen and oxygen atoms in total. The highest BCUT2D eigenvalue weighted by Gasteiger charge is 1.80. The first-order valence-electron chi connectivity index (χ1n) is 2.94. The lowest BCUT2D eigenvalue weighted by Crippen LogP contribution is -2.02. The standard InChI is InChI=1S/C7H14N2/c1-7(5-8-2)6-9(3)4/h5-6H,1-4H3/b7-6-,8-5?. The van der Waals surface area contributed by atoms with Crippen molar-refractivity contribution >= 4 is 6.21 Å². The highest BCUT2D eigenvalue weighted by Crippen LogP contribution is 1.87. The smallest absolute Gasteiger partial charge is 0.0277 e. The van der Waals surface area contributed by atoms with E-state index in [4.69, 9.17) is 0 Å². The number of rotatable bonds is 2. The minimum Gasteiger partial charge on any atom is -0.383 e. The zero-order valence-corrected chi connectivity index (χ0v) is 6.55. The number of hydrogen-bond donors (Lipinski definition) is 0. The molecular formula is C7H14N2. The molecule has 0 fully saturated rings. The zero-order valence-electron chi connectivity index (χ0n) is 6.55. The number of nitrogens with zero attached hydrogens (tertiary/aromatic N) is 2. The van der Waals surface area contributed by atoms with Gasteiger partial charge in [0.25, 0.3) is 0 Å². The second-order valence-electron chi connectivity index (χ2n) is 2.22. The van der Waals surface area contributed by atoms with Crippen LogP contribution in [0.25, 0.3) is 0 Å². The van der Waals surface area contributed by atoms with Gasteiger partial charge in [0.2, 0.25) is 0 Å². The second-order valence-corrected chi connectivity index (χ2v) is 2.22. The fraction of sp³-hybridized carbons (Fsp3) is 0.571. The Morgan fingerprint density at radius 3 is 2.33 bits per heavy atom. The van der Waals surface area contributed by atoms with E-state index in [1.54, 1.807) is 7.05 Å². The highest BCUT2D eigenvalue weighted by molar-refractivity contribution is 5.77. The van der Waals surface area contributed by atoms with Crippen LogP contribution in [-0.2, 0) is 0 Å². The molecule has 0 bridgehead atoms. The molecule has 0 unspecified atom stereocenters. The Morgan fingerprint density at radius 2 is 2.00 bits per heavy atom. The molecule has 0 saturated carbocycles. The fourth-order valence-electron chi connectivity index (χ4n) is 0.644. The predicted octanol–water partition coefficient (Wildman–Crippen LogP) is 1.15. The van der Waals surface area contributed by atoms with Gasteiger partial charge in [0.15, 0.2) is 0 Å². The molecule has 0 radical (unpaired) electrons. The van der Waals surface area contributed by atoms with Crippen LogP contribution >= 0.6 is 0 Å². The van der Waals surface area contributed by atoms with Crippen molar-refractivity contribution in [2.75, 3.05) is 21.1 Å². The third-order valence-corrected chi connectivity index (χ3v) is 0.795. The molecule has 0 spiro atoms.